The minimum atomic E-state index is -3.10. The maximum absolute atomic E-state index is 12.5. The van der Waals surface area contributed by atoms with Crippen molar-refractivity contribution in [1.82, 2.24) is 4.90 Å². The Labute approximate surface area is 120 Å². The first-order valence-corrected chi connectivity index (χ1v) is 8.72. The van der Waals surface area contributed by atoms with Crippen molar-refractivity contribution < 1.29 is 13.2 Å². The number of amides is 1. The first kappa shape index (κ1) is 15.0. The minimum Gasteiger partial charge on any atom is -0.338 e. The summed E-state index contributed by atoms with van der Waals surface area (Å²) in [4.78, 5) is 14.1. The van der Waals surface area contributed by atoms with E-state index in [0.29, 0.717) is 12.1 Å². The molecule has 5 heteroatoms. The number of fused-ring (bicyclic) bond motifs is 1. The van der Waals surface area contributed by atoms with Crippen molar-refractivity contribution in [3.63, 3.8) is 0 Å². The Bertz CT molecular complexity index is 593. The topological polar surface area (TPSA) is 54.5 Å². The van der Waals surface area contributed by atoms with E-state index >= 15 is 0 Å². The Morgan fingerprint density at radius 2 is 1.95 bits per heavy atom. The van der Waals surface area contributed by atoms with Crippen molar-refractivity contribution >= 4 is 15.7 Å². The molecule has 1 aromatic rings. The highest BCUT2D eigenvalue weighted by atomic mass is 32.2. The lowest BCUT2D eigenvalue weighted by atomic mass is 10.0. The molecule has 110 valence electrons. The summed E-state index contributed by atoms with van der Waals surface area (Å²) in [6, 6.07) is 7.59. The van der Waals surface area contributed by atoms with E-state index in [9.17, 15) is 13.2 Å². The van der Waals surface area contributed by atoms with Gasteiger partial charge in [-0.15, -0.1) is 0 Å². The lowest BCUT2D eigenvalue weighted by Crippen LogP contribution is -2.36. The van der Waals surface area contributed by atoms with E-state index in [4.69, 9.17) is 0 Å². The fraction of sp³-hybridized carbons (Fsp3) is 0.533. The van der Waals surface area contributed by atoms with Gasteiger partial charge in [0.2, 0.25) is 0 Å². The second-order valence-electron chi connectivity index (χ2n) is 5.47. The van der Waals surface area contributed by atoms with Crippen LogP contribution in [0.25, 0.3) is 0 Å². The summed E-state index contributed by atoms with van der Waals surface area (Å²) < 4.78 is 23.7. The lowest BCUT2D eigenvalue weighted by Gasteiger charge is -2.21. The summed E-state index contributed by atoms with van der Waals surface area (Å²) in [6.07, 6.45) is 1.75. The molecule has 0 aromatic heterocycles. The molecule has 1 aromatic carbocycles. The number of carbonyl (C=O) groups is 1. The van der Waals surface area contributed by atoms with E-state index in [-0.39, 0.29) is 18.2 Å². The molecule has 0 aliphatic carbocycles. The molecule has 0 unspecified atom stereocenters. The minimum absolute atomic E-state index is 0.0403. The van der Waals surface area contributed by atoms with Gasteiger partial charge in [-0.3, -0.25) is 4.79 Å². The largest absolute Gasteiger partial charge is 0.338 e. The van der Waals surface area contributed by atoms with E-state index in [2.05, 4.69) is 0 Å². The monoisotopic (exact) mass is 295 g/mol. The highest BCUT2D eigenvalue weighted by Gasteiger charge is 2.24. The average Bonchev–Trinajstić information content (AvgIpc) is 2.57. The summed E-state index contributed by atoms with van der Waals surface area (Å²) in [6.45, 7) is 4.26. The van der Waals surface area contributed by atoms with Crippen molar-refractivity contribution in [3.8, 4) is 0 Å². The number of hydrogen-bond donors (Lipinski definition) is 0. The summed E-state index contributed by atoms with van der Waals surface area (Å²) in [5.41, 5.74) is 1.78. The van der Waals surface area contributed by atoms with E-state index in [0.717, 1.165) is 18.4 Å². The molecule has 1 amide bonds. The van der Waals surface area contributed by atoms with Crippen molar-refractivity contribution in [2.75, 3.05) is 18.8 Å². The van der Waals surface area contributed by atoms with Gasteiger partial charge in [-0.2, -0.15) is 0 Å². The van der Waals surface area contributed by atoms with Crippen LogP contribution in [0.5, 0.6) is 0 Å². The van der Waals surface area contributed by atoms with Crippen LogP contribution in [0.4, 0.5) is 0 Å². The third-order valence-electron chi connectivity index (χ3n) is 3.77. The SMILES string of the molecule is CC(C)S(=O)(=O)CCN1CCCc2ccccc2C1=O. The highest BCUT2D eigenvalue weighted by Crippen LogP contribution is 2.18. The summed E-state index contributed by atoms with van der Waals surface area (Å²) in [7, 11) is -3.10. The molecule has 0 N–H and O–H groups in total. The predicted molar refractivity (Wildman–Crippen MR) is 79.6 cm³/mol. The molecule has 0 saturated carbocycles. The molecule has 20 heavy (non-hydrogen) atoms. The van der Waals surface area contributed by atoms with Gasteiger partial charge in [0, 0.05) is 18.7 Å². The molecule has 2 rings (SSSR count). The fourth-order valence-electron chi connectivity index (χ4n) is 2.37. The second kappa shape index (κ2) is 5.95. The highest BCUT2D eigenvalue weighted by molar-refractivity contribution is 7.92. The zero-order chi connectivity index (χ0) is 14.8. The molecule has 1 heterocycles. The van der Waals surface area contributed by atoms with Crippen LogP contribution in [0, 0.1) is 0 Å². The second-order valence-corrected chi connectivity index (χ2v) is 8.15. The zero-order valence-electron chi connectivity index (χ0n) is 12.0. The van der Waals surface area contributed by atoms with Gasteiger partial charge in [-0.1, -0.05) is 18.2 Å². The van der Waals surface area contributed by atoms with Crippen LogP contribution in [-0.4, -0.2) is 43.3 Å². The quantitative estimate of drug-likeness (QED) is 0.852. The average molecular weight is 295 g/mol. The first-order chi connectivity index (χ1) is 9.42. The Balaban J connectivity index is 2.13. The summed E-state index contributed by atoms with van der Waals surface area (Å²) in [5.74, 6) is -0.00414. The standard InChI is InChI=1S/C15H21NO3S/c1-12(2)20(18,19)11-10-16-9-5-7-13-6-3-4-8-14(13)15(16)17/h3-4,6,8,12H,5,7,9-11H2,1-2H3. The normalized spacial score (nSPS) is 16.1. The first-order valence-electron chi connectivity index (χ1n) is 7.00. The van der Waals surface area contributed by atoms with Crippen LogP contribution in [0.2, 0.25) is 0 Å². The Hall–Kier alpha value is -1.36. The van der Waals surface area contributed by atoms with Crippen molar-refractivity contribution in [2.24, 2.45) is 0 Å². The molecule has 0 bridgehead atoms. The van der Waals surface area contributed by atoms with Gasteiger partial charge in [0.05, 0.1) is 11.0 Å². The third kappa shape index (κ3) is 3.20. The van der Waals surface area contributed by atoms with Crippen LogP contribution in [0.1, 0.15) is 36.2 Å². The number of nitrogens with zero attached hydrogens (tertiary/aromatic N) is 1. The van der Waals surface area contributed by atoms with Crippen LogP contribution in [0.3, 0.4) is 0 Å². The Morgan fingerprint density at radius 3 is 2.65 bits per heavy atom. The van der Waals surface area contributed by atoms with Gasteiger partial charge in [-0.05, 0) is 38.3 Å². The number of aryl methyl sites for hydroxylation is 1. The van der Waals surface area contributed by atoms with Crippen molar-refractivity contribution in [1.29, 1.82) is 0 Å². The molecule has 0 spiro atoms. The number of carbonyl (C=O) groups excluding carboxylic acids is 1. The molecule has 4 nitrogen and oxygen atoms in total. The molecule has 0 radical (unpaired) electrons. The van der Waals surface area contributed by atoms with E-state index in [1.807, 2.05) is 24.3 Å². The van der Waals surface area contributed by atoms with Crippen LogP contribution >= 0.6 is 0 Å². The molecule has 0 fully saturated rings. The number of hydrogen-bond acceptors (Lipinski definition) is 3. The lowest BCUT2D eigenvalue weighted by molar-refractivity contribution is 0.0771. The fourth-order valence-corrected chi connectivity index (χ4v) is 3.31. The molecule has 1 aliphatic heterocycles. The van der Waals surface area contributed by atoms with Crippen LogP contribution in [-0.2, 0) is 16.3 Å². The molecule has 0 saturated heterocycles. The zero-order valence-corrected chi connectivity index (χ0v) is 12.8. The number of rotatable bonds is 4. The Kier molecular flexibility index (Phi) is 4.48. The maximum Gasteiger partial charge on any atom is 0.254 e. The van der Waals surface area contributed by atoms with E-state index in [1.54, 1.807) is 18.7 Å². The van der Waals surface area contributed by atoms with Crippen molar-refractivity contribution in [3.05, 3.63) is 35.4 Å². The van der Waals surface area contributed by atoms with E-state index in [1.165, 1.54) is 0 Å². The van der Waals surface area contributed by atoms with Gasteiger partial charge in [-0.25, -0.2) is 8.42 Å². The van der Waals surface area contributed by atoms with Crippen LogP contribution in [0.15, 0.2) is 24.3 Å². The van der Waals surface area contributed by atoms with Gasteiger partial charge in [0.15, 0.2) is 9.84 Å². The Morgan fingerprint density at radius 1 is 1.25 bits per heavy atom. The molecular weight excluding hydrogens is 274 g/mol. The van der Waals surface area contributed by atoms with Crippen LogP contribution < -0.4 is 0 Å². The summed E-state index contributed by atoms with van der Waals surface area (Å²) >= 11 is 0. The predicted octanol–water partition coefficient (Wildman–Crippen LogP) is 1.90. The van der Waals surface area contributed by atoms with Gasteiger partial charge in [0.1, 0.15) is 0 Å². The van der Waals surface area contributed by atoms with Gasteiger partial charge >= 0.3 is 0 Å². The number of sulfone groups is 1. The summed E-state index contributed by atoms with van der Waals surface area (Å²) in [5, 5.41) is -0.392. The van der Waals surface area contributed by atoms with Gasteiger partial charge in [0.25, 0.3) is 5.91 Å². The van der Waals surface area contributed by atoms with E-state index < -0.39 is 15.1 Å². The molecule has 1 aliphatic rings. The molecule has 0 atom stereocenters. The number of benzene rings is 1. The molecular formula is C15H21NO3S. The van der Waals surface area contributed by atoms with Crippen molar-refractivity contribution in [2.45, 2.75) is 31.9 Å². The maximum atomic E-state index is 12.5. The smallest absolute Gasteiger partial charge is 0.254 e. The third-order valence-corrected chi connectivity index (χ3v) is 5.96. The van der Waals surface area contributed by atoms with Gasteiger partial charge < -0.3 is 4.90 Å².